The standard InChI is InChI=1S/C19H23IN5O4/c1-22-15-7-3-2-5-13(15)16(17(19(22)27)25(29)20-28)23-9-11-24(12-10-23)18(26)14-6-4-8-21-14/h2-3,5,7,14,21H,4,6,8-12H2,1H3/q-1. The molecule has 156 valence electrons. The fourth-order valence-electron chi connectivity index (χ4n) is 4.24. The Hall–Kier alpha value is -2.05. The van der Waals surface area contributed by atoms with Crippen molar-refractivity contribution in [2.24, 2.45) is 7.05 Å². The van der Waals surface area contributed by atoms with E-state index in [0.717, 1.165) is 24.8 Å². The number of aromatic nitrogens is 1. The molecule has 0 radical (unpaired) electrons. The van der Waals surface area contributed by atoms with Gasteiger partial charge < -0.3 is 28.2 Å². The van der Waals surface area contributed by atoms with E-state index in [2.05, 4.69) is 5.32 Å². The van der Waals surface area contributed by atoms with Crippen LogP contribution in [0.5, 0.6) is 0 Å². The number of para-hydroxylation sites is 1. The zero-order chi connectivity index (χ0) is 20.5. The summed E-state index contributed by atoms with van der Waals surface area (Å²) < 4.78 is 13.2. The topological polar surface area (TPSA) is 101 Å². The first-order chi connectivity index (χ1) is 14.0. The van der Waals surface area contributed by atoms with E-state index in [0.29, 0.717) is 40.7 Å². The van der Waals surface area contributed by atoms with Crippen LogP contribution in [-0.4, -0.2) is 54.1 Å². The van der Waals surface area contributed by atoms with Crippen LogP contribution in [0.2, 0.25) is 0 Å². The van der Waals surface area contributed by atoms with Crippen LogP contribution < -0.4 is 19.1 Å². The van der Waals surface area contributed by atoms with Crippen molar-refractivity contribution in [2.45, 2.75) is 18.9 Å². The maximum atomic E-state index is 12.9. The summed E-state index contributed by atoms with van der Waals surface area (Å²) in [5.74, 6) is 0.118. The van der Waals surface area contributed by atoms with Crippen LogP contribution in [0.4, 0.5) is 11.4 Å². The summed E-state index contributed by atoms with van der Waals surface area (Å²) in [6, 6.07) is 7.28. The quantitative estimate of drug-likeness (QED) is 0.376. The van der Waals surface area contributed by atoms with E-state index >= 15 is 0 Å². The van der Waals surface area contributed by atoms with Crippen molar-refractivity contribution in [2.75, 3.05) is 40.9 Å². The van der Waals surface area contributed by atoms with Crippen LogP contribution in [0.3, 0.4) is 0 Å². The molecule has 2 aliphatic heterocycles. The largest absolute Gasteiger partial charge is 0.747 e. The van der Waals surface area contributed by atoms with Crippen LogP contribution in [-0.2, 0) is 14.9 Å². The maximum absolute atomic E-state index is 12.9. The minimum atomic E-state index is -2.07. The number of carbonyl (C=O) groups is 1. The number of nitrogens with one attached hydrogen (secondary N) is 1. The fraction of sp³-hybridized carbons (Fsp3) is 0.474. The SMILES string of the molecule is Cn1c(=O)c(N([O-])I=O)c(N2CCN(C(=O)C3CCCN3)CC2)c2ccccc21. The first kappa shape index (κ1) is 20.2. The molecule has 29 heavy (non-hydrogen) atoms. The summed E-state index contributed by atoms with van der Waals surface area (Å²) >= 11 is -2.07. The van der Waals surface area contributed by atoms with Crippen molar-refractivity contribution in [3.8, 4) is 0 Å². The number of carbonyl (C=O) groups excluding carboxylic acids is 1. The Bertz CT molecular complexity index is 996. The molecule has 4 rings (SSSR count). The summed E-state index contributed by atoms with van der Waals surface area (Å²) in [6.07, 6.45) is 1.87. The molecular weight excluding hydrogens is 489 g/mol. The fourth-order valence-corrected chi connectivity index (χ4v) is 4.87. The minimum Gasteiger partial charge on any atom is -0.747 e. The number of rotatable bonds is 4. The molecule has 2 saturated heterocycles. The summed E-state index contributed by atoms with van der Waals surface area (Å²) in [4.78, 5) is 29.4. The lowest BCUT2D eigenvalue weighted by atomic mass is 10.1. The molecule has 3 heterocycles. The number of benzene rings is 1. The van der Waals surface area contributed by atoms with Crippen molar-refractivity contribution < 1.29 is 7.86 Å². The molecule has 1 aromatic carbocycles. The maximum Gasteiger partial charge on any atom is 0.276 e. The Kier molecular flexibility index (Phi) is 5.83. The molecule has 2 fully saturated rings. The van der Waals surface area contributed by atoms with Gasteiger partial charge in [0.25, 0.3) is 27.0 Å². The van der Waals surface area contributed by atoms with Crippen molar-refractivity contribution in [3.63, 3.8) is 0 Å². The third kappa shape index (κ3) is 3.64. The predicted molar refractivity (Wildman–Crippen MR) is 120 cm³/mol. The lowest BCUT2D eigenvalue weighted by Gasteiger charge is -2.39. The predicted octanol–water partition coefficient (Wildman–Crippen LogP) is 1.47. The number of amides is 1. The van der Waals surface area contributed by atoms with Crippen LogP contribution in [0, 0.1) is 5.21 Å². The average Bonchev–Trinajstić information content (AvgIpc) is 3.30. The van der Waals surface area contributed by atoms with Gasteiger partial charge in [0, 0.05) is 38.6 Å². The Morgan fingerprint density at radius 1 is 1.24 bits per heavy atom. The molecule has 0 aliphatic carbocycles. The second kappa shape index (κ2) is 8.36. The zero-order valence-electron chi connectivity index (χ0n) is 16.1. The van der Waals surface area contributed by atoms with Gasteiger partial charge in [0.05, 0.1) is 17.2 Å². The minimum absolute atomic E-state index is 0.0776. The Morgan fingerprint density at radius 2 is 1.97 bits per heavy atom. The molecule has 1 aromatic heterocycles. The van der Waals surface area contributed by atoms with Gasteiger partial charge in [-0.25, -0.2) is 3.07 Å². The monoisotopic (exact) mass is 512 g/mol. The number of hydrogen-bond acceptors (Lipinski definition) is 6. The number of halogens is 1. The van der Waals surface area contributed by atoms with Crippen molar-refractivity contribution in [1.29, 1.82) is 0 Å². The smallest absolute Gasteiger partial charge is 0.276 e. The number of pyridine rings is 1. The summed E-state index contributed by atoms with van der Waals surface area (Å²) in [5.41, 5.74) is 0.687. The van der Waals surface area contributed by atoms with Crippen molar-refractivity contribution in [3.05, 3.63) is 39.8 Å². The number of fused-ring (bicyclic) bond motifs is 1. The Morgan fingerprint density at radius 3 is 2.62 bits per heavy atom. The number of nitrogens with zero attached hydrogens (tertiary/aromatic N) is 4. The lowest BCUT2D eigenvalue weighted by molar-refractivity contribution is -0.133. The van der Waals surface area contributed by atoms with E-state index in [4.69, 9.17) is 0 Å². The second-order valence-corrected chi connectivity index (χ2v) is 8.62. The molecule has 1 N–H and O–H groups in total. The van der Waals surface area contributed by atoms with E-state index in [1.807, 2.05) is 34.1 Å². The van der Waals surface area contributed by atoms with Gasteiger partial charge >= 0.3 is 0 Å². The van der Waals surface area contributed by atoms with Crippen molar-refractivity contribution >= 4 is 49.7 Å². The number of piperazine rings is 1. The van der Waals surface area contributed by atoms with Crippen molar-refractivity contribution in [1.82, 2.24) is 14.8 Å². The van der Waals surface area contributed by atoms with Gasteiger partial charge in [-0.1, -0.05) is 18.2 Å². The molecule has 10 heteroatoms. The third-order valence-electron chi connectivity index (χ3n) is 5.76. The van der Waals surface area contributed by atoms with Crippen LogP contribution >= 0.6 is 21.5 Å². The molecule has 0 bridgehead atoms. The van der Waals surface area contributed by atoms with E-state index in [1.165, 1.54) is 4.57 Å². The van der Waals surface area contributed by atoms with Gasteiger partial charge in [0.1, 0.15) is 5.69 Å². The molecule has 0 saturated carbocycles. The molecule has 2 aromatic rings. The number of aryl methyl sites for hydroxylation is 1. The van der Waals surface area contributed by atoms with Crippen LogP contribution in [0.15, 0.2) is 29.1 Å². The van der Waals surface area contributed by atoms with E-state index in [1.54, 1.807) is 7.05 Å². The second-order valence-electron chi connectivity index (χ2n) is 7.35. The zero-order valence-corrected chi connectivity index (χ0v) is 18.3. The molecule has 1 unspecified atom stereocenters. The van der Waals surface area contributed by atoms with Gasteiger partial charge in [-0.05, 0) is 25.5 Å². The van der Waals surface area contributed by atoms with Gasteiger partial charge in [0.2, 0.25) is 5.91 Å². The van der Waals surface area contributed by atoms with Gasteiger partial charge in [-0.2, -0.15) is 0 Å². The third-order valence-corrected chi connectivity index (χ3v) is 6.60. The molecular formula is C19H23IN5O4-. The van der Waals surface area contributed by atoms with Gasteiger partial charge in [-0.3, -0.25) is 9.59 Å². The summed E-state index contributed by atoms with van der Waals surface area (Å²) in [6.45, 7) is 2.93. The molecule has 0 spiro atoms. The van der Waals surface area contributed by atoms with E-state index < -0.39 is 27.0 Å². The van der Waals surface area contributed by atoms with Crippen LogP contribution in [0.25, 0.3) is 10.9 Å². The highest BCUT2D eigenvalue weighted by atomic mass is 127. The average molecular weight is 512 g/mol. The highest BCUT2D eigenvalue weighted by Gasteiger charge is 2.31. The number of hydrogen-bond donors (Lipinski definition) is 1. The molecule has 2 aliphatic rings. The van der Waals surface area contributed by atoms with E-state index in [9.17, 15) is 17.9 Å². The molecule has 1 amide bonds. The molecule has 9 nitrogen and oxygen atoms in total. The van der Waals surface area contributed by atoms with Gasteiger partial charge in [-0.15, -0.1) is 0 Å². The van der Waals surface area contributed by atoms with Crippen LogP contribution in [0.1, 0.15) is 12.8 Å². The summed E-state index contributed by atoms with van der Waals surface area (Å²) in [5, 5.41) is 16.4. The van der Waals surface area contributed by atoms with Gasteiger partial charge in [0.15, 0.2) is 0 Å². The first-order valence-corrected chi connectivity index (χ1v) is 11.5. The Labute approximate surface area is 178 Å². The van der Waals surface area contributed by atoms with E-state index in [-0.39, 0.29) is 17.6 Å². The highest BCUT2D eigenvalue weighted by molar-refractivity contribution is 14.1. The highest BCUT2D eigenvalue weighted by Crippen LogP contribution is 2.36. The Balaban J connectivity index is 1.69. The number of anilines is 2. The summed E-state index contributed by atoms with van der Waals surface area (Å²) in [7, 11) is 1.61. The first-order valence-electron chi connectivity index (χ1n) is 9.66. The lowest BCUT2D eigenvalue weighted by Crippen LogP contribution is -2.53. The normalized spacial score (nSPS) is 19.7. The molecule has 1 atom stereocenters.